The molecule has 3 heteroatoms. The Morgan fingerprint density at radius 1 is 0.864 bits per heavy atom. The maximum atomic E-state index is 5.95. The van der Waals surface area contributed by atoms with Gasteiger partial charge in [0.1, 0.15) is 5.75 Å². The van der Waals surface area contributed by atoms with Crippen LogP contribution in [0.15, 0.2) is 30.3 Å². The molecule has 0 spiro atoms. The molecule has 2 aromatic rings. The molecular weight excluding hydrogens is 276 g/mol. The number of unbranched alkanes of at least 4 members (excludes halogenated alkanes) is 2. The highest BCUT2D eigenvalue weighted by atomic mass is 16.5. The third-order valence-electron chi connectivity index (χ3n) is 3.64. The smallest absolute Gasteiger partial charge is 0.168 e. The van der Waals surface area contributed by atoms with Crippen molar-refractivity contribution in [3.63, 3.8) is 0 Å². The van der Waals surface area contributed by atoms with Crippen LogP contribution in [0, 0.1) is 0 Å². The van der Waals surface area contributed by atoms with Crippen LogP contribution in [-0.4, -0.2) is 20.3 Å². The number of ether oxygens (including phenoxy) is 3. The first kappa shape index (κ1) is 16.5. The molecule has 2 aromatic carbocycles. The lowest BCUT2D eigenvalue weighted by Crippen LogP contribution is -2.00. The van der Waals surface area contributed by atoms with Gasteiger partial charge in [0.15, 0.2) is 11.5 Å². The first-order valence-corrected chi connectivity index (χ1v) is 8.16. The van der Waals surface area contributed by atoms with E-state index in [4.69, 9.17) is 14.2 Å². The van der Waals surface area contributed by atoms with Crippen molar-refractivity contribution in [1.82, 2.24) is 0 Å². The predicted molar refractivity (Wildman–Crippen MR) is 91.3 cm³/mol. The number of hydrogen-bond acceptors (Lipinski definition) is 3. The Balaban J connectivity index is 2.26. The van der Waals surface area contributed by atoms with Crippen LogP contribution >= 0.6 is 0 Å². The van der Waals surface area contributed by atoms with Crippen molar-refractivity contribution in [2.75, 3.05) is 20.3 Å². The number of benzene rings is 2. The molecule has 2 rings (SSSR count). The number of hydrogen-bond donors (Lipinski definition) is 0. The standard InChI is InChI=1S/C19H26O3/c1-4-6-12-21-16-9-10-17-15(14-16)8-11-18(20-3)19(17)22-13-7-5-2/h8-11,14H,4-7,12-13H2,1-3H3. The maximum absolute atomic E-state index is 5.95. The SMILES string of the molecule is CCCCOc1ccc2c(OCCCC)c(OC)ccc2c1. The molecule has 0 aliphatic heterocycles. The molecule has 0 bridgehead atoms. The van der Waals surface area contributed by atoms with E-state index in [0.29, 0.717) is 6.61 Å². The van der Waals surface area contributed by atoms with Gasteiger partial charge in [0.25, 0.3) is 0 Å². The molecule has 0 N–H and O–H groups in total. The van der Waals surface area contributed by atoms with E-state index in [2.05, 4.69) is 26.0 Å². The molecule has 0 fully saturated rings. The van der Waals surface area contributed by atoms with E-state index < -0.39 is 0 Å². The van der Waals surface area contributed by atoms with Crippen molar-refractivity contribution >= 4 is 10.8 Å². The first-order valence-electron chi connectivity index (χ1n) is 8.16. The monoisotopic (exact) mass is 302 g/mol. The minimum absolute atomic E-state index is 0.709. The van der Waals surface area contributed by atoms with E-state index in [-0.39, 0.29) is 0 Å². The Hall–Kier alpha value is -1.90. The van der Waals surface area contributed by atoms with Gasteiger partial charge >= 0.3 is 0 Å². The zero-order valence-corrected chi connectivity index (χ0v) is 13.9. The lowest BCUT2D eigenvalue weighted by Gasteiger charge is -2.14. The van der Waals surface area contributed by atoms with Crippen molar-refractivity contribution in [3.8, 4) is 17.2 Å². The van der Waals surface area contributed by atoms with Crippen molar-refractivity contribution in [3.05, 3.63) is 30.3 Å². The molecule has 0 aliphatic carbocycles. The molecule has 0 saturated carbocycles. The highest BCUT2D eigenvalue weighted by Gasteiger charge is 2.10. The quantitative estimate of drug-likeness (QED) is 0.595. The summed E-state index contributed by atoms with van der Waals surface area (Å²) < 4.78 is 17.2. The minimum atomic E-state index is 0.709. The van der Waals surface area contributed by atoms with E-state index in [1.165, 1.54) is 0 Å². The summed E-state index contributed by atoms with van der Waals surface area (Å²) in [5.41, 5.74) is 0. The minimum Gasteiger partial charge on any atom is -0.494 e. The van der Waals surface area contributed by atoms with Crippen LogP contribution < -0.4 is 14.2 Å². The molecule has 0 unspecified atom stereocenters. The molecule has 0 amide bonds. The second kappa shape index (κ2) is 8.52. The van der Waals surface area contributed by atoms with Crippen molar-refractivity contribution in [1.29, 1.82) is 0 Å². The summed E-state index contributed by atoms with van der Waals surface area (Å²) in [6, 6.07) is 10.1. The molecule has 0 aromatic heterocycles. The molecule has 22 heavy (non-hydrogen) atoms. The van der Waals surface area contributed by atoms with Crippen LogP contribution in [0.4, 0.5) is 0 Å². The van der Waals surface area contributed by atoms with E-state index in [1.807, 2.05) is 18.2 Å². The van der Waals surface area contributed by atoms with Gasteiger partial charge in [0.05, 0.1) is 20.3 Å². The van der Waals surface area contributed by atoms with Crippen LogP contribution in [0.2, 0.25) is 0 Å². The highest BCUT2D eigenvalue weighted by molar-refractivity contribution is 5.91. The summed E-state index contributed by atoms with van der Waals surface area (Å²) in [4.78, 5) is 0. The first-order chi connectivity index (χ1) is 10.8. The maximum Gasteiger partial charge on any atom is 0.168 e. The Labute approximate surface area is 133 Å². The summed E-state index contributed by atoms with van der Waals surface area (Å²) in [5, 5.41) is 2.18. The predicted octanol–water partition coefficient (Wildman–Crippen LogP) is 5.21. The van der Waals surface area contributed by atoms with Gasteiger partial charge in [-0.25, -0.2) is 0 Å². The number of methoxy groups -OCH3 is 1. The average Bonchev–Trinajstić information content (AvgIpc) is 2.55. The second-order valence-corrected chi connectivity index (χ2v) is 5.38. The van der Waals surface area contributed by atoms with Gasteiger partial charge in [-0.15, -0.1) is 0 Å². The van der Waals surface area contributed by atoms with Crippen molar-refractivity contribution in [2.24, 2.45) is 0 Å². The largest absolute Gasteiger partial charge is 0.494 e. The fourth-order valence-electron chi connectivity index (χ4n) is 2.31. The summed E-state index contributed by atoms with van der Waals surface area (Å²) in [7, 11) is 1.68. The van der Waals surface area contributed by atoms with Crippen molar-refractivity contribution < 1.29 is 14.2 Å². The van der Waals surface area contributed by atoms with E-state index in [9.17, 15) is 0 Å². The lowest BCUT2D eigenvalue weighted by atomic mass is 10.1. The highest BCUT2D eigenvalue weighted by Crippen LogP contribution is 2.37. The molecule has 0 saturated heterocycles. The lowest BCUT2D eigenvalue weighted by molar-refractivity contribution is 0.292. The summed E-state index contributed by atoms with van der Waals surface area (Å²) in [6.07, 6.45) is 4.37. The summed E-state index contributed by atoms with van der Waals surface area (Å²) >= 11 is 0. The van der Waals surface area contributed by atoms with Crippen molar-refractivity contribution in [2.45, 2.75) is 39.5 Å². The second-order valence-electron chi connectivity index (χ2n) is 5.38. The Bertz CT molecular complexity index is 592. The van der Waals surface area contributed by atoms with Gasteiger partial charge in [-0.3, -0.25) is 0 Å². The topological polar surface area (TPSA) is 27.7 Å². The van der Waals surface area contributed by atoms with E-state index in [1.54, 1.807) is 7.11 Å². The van der Waals surface area contributed by atoms with E-state index >= 15 is 0 Å². The average molecular weight is 302 g/mol. The molecular formula is C19H26O3. The third kappa shape index (κ3) is 4.06. The van der Waals surface area contributed by atoms with Gasteiger partial charge in [-0.2, -0.15) is 0 Å². The Morgan fingerprint density at radius 2 is 1.59 bits per heavy atom. The van der Waals surface area contributed by atoms with Gasteiger partial charge in [-0.1, -0.05) is 32.8 Å². The molecule has 0 atom stereocenters. The van der Waals surface area contributed by atoms with Crippen LogP contribution in [-0.2, 0) is 0 Å². The van der Waals surface area contributed by atoms with E-state index in [0.717, 1.165) is 60.3 Å². The fourth-order valence-corrected chi connectivity index (χ4v) is 2.31. The zero-order valence-electron chi connectivity index (χ0n) is 13.9. The normalized spacial score (nSPS) is 10.7. The Morgan fingerprint density at radius 3 is 2.27 bits per heavy atom. The van der Waals surface area contributed by atoms with Gasteiger partial charge < -0.3 is 14.2 Å². The van der Waals surface area contributed by atoms with Gasteiger partial charge in [0.2, 0.25) is 0 Å². The summed E-state index contributed by atoms with van der Waals surface area (Å²) in [5.74, 6) is 2.52. The van der Waals surface area contributed by atoms with Gasteiger partial charge in [0, 0.05) is 5.39 Å². The number of fused-ring (bicyclic) bond motifs is 1. The molecule has 3 nitrogen and oxygen atoms in total. The summed E-state index contributed by atoms with van der Waals surface area (Å²) in [6.45, 7) is 5.79. The van der Waals surface area contributed by atoms with Crippen LogP contribution in [0.25, 0.3) is 10.8 Å². The fraction of sp³-hybridized carbons (Fsp3) is 0.474. The molecule has 0 aliphatic rings. The number of rotatable bonds is 9. The zero-order chi connectivity index (χ0) is 15.8. The van der Waals surface area contributed by atoms with Gasteiger partial charge in [-0.05, 0) is 42.5 Å². The van der Waals surface area contributed by atoms with Crippen LogP contribution in [0.5, 0.6) is 17.2 Å². The van der Waals surface area contributed by atoms with Crippen LogP contribution in [0.3, 0.4) is 0 Å². The third-order valence-corrected chi connectivity index (χ3v) is 3.64. The Kier molecular flexibility index (Phi) is 6.38. The molecule has 0 radical (unpaired) electrons. The molecule has 120 valence electrons. The molecule has 0 heterocycles. The van der Waals surface area contributed by atoms with Crippen LogP contribution in [0.1, 0.15) is 39.5 Å².